The van der Waals surface area contributed by atoms with Crippen LogP contribution in [0.2, 0.25) is 5.02 Å². The molecular weight excluding hydrogens is 366 g/mol. The average molecular weight is 386 g/mol. The molecule has 0 spiro atoms. The fourth-order valence-corrected chi connectivity index (χ4v) is 4.36. The van der Waals surface area contributed by atoms with E-state index in [0.717, 1.165) is 24.3 Å². The van der Waals surface area contributed by atoms with Gasteiger partial charge in [0.2, 0.25) is 0 Å². The third-order valence-corrected chi connectivity index (χ3v) is 6.00. The predicted octanol–water partition coefficient (Wildman–Crippen LogP) is 4.43. The lowest BCUT2D eigenvalue weighted by Crippen LogP contribution is -2.51. The Labute approximate surface area is 161 Å². The van der Waals surface area contributed by atoms with Crippen LogP contribution in [0.4, 0.5) is 5.69 Å². The molecule has 26 heavy (non-hydrogen) atoms. The lowest BCUT2D eigenvalue weighted by atomic mass is 10.1. The molecule has 1 fully saturated rings. The summed E-state index contributed by atoms with van der Waals surface area (Å²) in [7, 11) is 0. The highest BCUT2D eigenvalue weighted by molar-refractivity contribution is 7.17. The molecule has 0 bridgehead atoms. The normalized spacial score (nSPS) is 15.5. The zero-order chi connectivity index (χ0) is 18.1. The van der Waals surface area contributed by atoms with Crippen molar-refractivity contribution in [2.75, 3.05) is 18.4 Å². The number of hydrogen-bond donors (Lipinski definition) is 3. The Morgan fingerprint density at radius 1 is 1.27 bits per heavy atom. The number of carbonyl (C=O) groups is 1. The van der Waals surface area contributed by atoms with Gasteiger partial charge in [-0.3, -0.25) is 4.79 Å². The maximum atomic E-state index is 12.8. The van der Waals surface area contributed by atoms with Crippen LogP contribution in [0.25, 0.3) is 10.1 Å². The van der Waals surface area contributed by atoms with Crippen LogP contribution >= 0.6 is 22.9 Å². The molecule has 0 radical (unpaired) electrons. The summed E-state index contributed by atoms with van der Waals surface area (Å²) >= 11 is 7.97. The summed E-state index contributed by atoms with van der Waals surface area (Å²) in [6, 6.07) is 14.1. The number of nitrogens with one attached hydrogen (secondary N) is 3. The number of thiophene rings is 1. The summed E-state index contributed by atoms with van der Waals surface area (Å²) in [5.74, 6) is -0.159. The van der Waals surface area contributed by atoms with E-state index < -0.39 is 0 Å². The number of carbonyl (C=O) groups excluding carboxylic acids is 1. The molecule has 1 atom stereocenters. The van der Waals surface area contributed by atoms with Crippen LogP contribution in [0, 0.1) is 0 Å². The van der Waals surface area contributed by atoms with Crippen molar-refractivity contribution in [2.24, 2.45) is 0 Å². The van der Waals surface area contributed by atoms with Gasteiger partial charge in [-0.25, -0.2) is 0 Å². The Balaban J connectivity index is 1.52. The molecule has 134 valence electrons. The molecule has 1 aliphatic heterocycles. The van der Waals surface area contributed by atoms with Crippen LogP contribution in [-0.2, 0) is 0 Å². The second-order valence-electron chi connectivity index (χ2n) is 6.58. The van der Waals surface area contributed by atoms with Gasteiger partial charge in [0.1, 0.15) is 0 Å². The van der Waals surface area contributed by atoms with Crippen molar-refractivity contribution in [3.63, 3.8) is 0 Å². The van der Waals surface area contributed by atoms with Crippen LogP contribution in [0.15, 0.2) is 47.8 Å². The molecule has 1 amide bonds. The highest BCUT2D eigenvalue weighted by Crippen LogP contribution is 2.30. The summed E-state index contributed by atoms with van der Waals surface area (Å²) in [5, 5.41) is 13.5. The van der Waals surface area contributed by atoms with Gasteiger partial charge in [0.15, 0.2) is 0 Å². The highest BCUT2D eigenvalue weighted by atomic mass is 35.5. The highest BCUT2D eigenvalue weighted by Gasteiger charge is 2.19. The number of fused-ring (bicyclic) bond motifs is 1. The fraction of sp³-hybridized carbons (Fsp3) is 0.250. The second-order valence-corrected chi connectivity index (χ2v) is 7.89. The van der Waals surface area contributed by atoms with E-state index in [0.29, 0.717) is 16.6 Å². The van der Waals surface area contributed by atoms with E-state index in [1.807, 2.05) is 31.2 Å². The minimum absolute atomic E-state index is 0.0952. The van der Waals surface area contributed by atoms with Crippen molar-refractivity contribution >= 4 is 44.6 Å². The zero-order valence-electron chi connectivity index (χ0n) is 14.4. The van der Waals surface area contributed by atoms with Crippen LogP contribution < -0.4 is 16.0 Å². The number of hydrogen-bond acceptors (Lipinski definition) is 4. The Kier molecular flexibility index (Phi) is 4.85. The van der Waals surface area contributed by atoms with Crippen molar-refractivity contribution in [2.45, 2.75) is 19.0 Å². The molecular formula is C20H20ClN3OS. The monoisotopic (exact) mass is 385 g/mol. The molecule has 4 rings (SSSR count). The average Bonchev–Trinajstić information content (AvgIpc) is 3.03. The molecule has 1 aromatic heterocycles. The molecule has 3 aromatic rings. The number of amides is 1. The van der Waals surface area contributed by atoms with Gasteiger partial charge in [0.05, 0.1) is 22.7 Å². The minimum atomic E-state index is -0.159. The summed E-state index contributed by atoms with van der Waals surface area (Å²) in [5.41, 5.74) is 2.54. The van der Waals surface area contributed by atoms with E-state index in [1.54, 1.807) is 17.4 Å². The van der Waals surface area contributed by atoms with Gasteiger partial charge in [-0.2, -0.15) is 0 Å². The quantitative estimate of drug-likeness (QED) is 0.609. The molecule has 1 saturated heterocycles. The number of rotatable bonds is 5. The van der Waals surface area contributed by atoms with Crippen LogP contribution in [0.5, 0.6) is 0 Å². The zero-order valence-corrected chi connectivity index (χ0v) is 16.0. The summed E-state index contributed by atoms with van der Waals surface area (Å²) in [4.78, 5) is 12.8. The van der Waals surface area contributed by atoms with Gasteiger partial charge < -0.3 is 16.0 Å². The lowest BCUT2D eigenvalue weighted by molar-refractivity contribution is 0.0940. The number of anilines is 1. The molecule has 0 aliphatic carbocycles. The van der Waals surface area contributed by atoms with Crippen LogP contribution in [0.3, 0.4) is 0 Å². The van der Waals surface area contributed by atoms with Gasteiger partial charge >= 0.3 is 0 Å². The van der Waals surface area contributed by atoms with E-state index in [1.165, 1.54) is 10.1 Å². The van der Waals surface area contributed by atoms with Crippen molar-refractivity contribution in [1.29, 1.82) is 0 Å². The summed E-state index contributed by atoms with van der Waals surface area (Å²) in [6.45, 7) is 3.88. The van der Waals surface area contributed by atoms with Gasteiger partial charge in [-0.1, -0.05) is 29.8 Å². The molecule has 2 aromatic carbocycles. The lowest BCUT2D eigenvalue weighted by Gasteiger charge is -2.29. The van der Waals surface area contributed by atoms with Gasteiger partial charge in [-0.05, 0) is 47.5 Å². The van der Waals surface area contributed by atoms with E-state index in [2.05, 4.69) is 33.5 Å². The Morgan fingerprint density at radius 2 is 2.08 bits per heavy atom. The topological polar surface area (TPSA) is 53.2 Å². The summed E-state index contributed by atoms with van der Waals surface area (Å²) < 4.78 is 1.22. The van der Waals surface area contributed by atoms with Crippen LogP contribution in [-0.4, -0.2) is 25.0 Å². The molecule has 6 heteroatoms. The van der Waals surface area contributed by atoms with Gasteiger partial charge in [0, 0.05) is 23.5 Å². The standard InChI is InChI=1S/C20H20ClN3OS/c1-12(17-11-26-19-5-3-2-4-15(17)19)23-20(25)16-8-13(6-7-18(16)21)24-14-9-22-10-14/h2-8,11-12,14,22,24H,9-10H2,1H3,(H,23,25). The van der Waals surface area contributed by atoms with Crippen molar-refractivity contribution in [1.82, 2.24) is 10.6 Å². The second kappa shape index (κ2) is 7.27. The predicted molar refractivity (Wildman–Crippen MR) is 109 cm³/mol. The largest absolute Gasteiger partial charge is 0.380 e. The Bertz CT molecular complexity index is 951. The fourth-order valence-electron chi connectivity index (χ4n) is 3.10. The Hall–Kier alpha value is -2.08. The summed E-state index contributed by atoms with van der Waals surface area (Å²) in [6.07, 6.45) is 0. The maximum absolute atomic E-state index is 12.8. The first-order valence-corrected chi connectivity index (χ1v) is 9.91. The SMILES string of the molecule is CC(NC(=O)c1cc(NC2CNC2)ccc1Cl)c1csc2ccccc12. The number of benzene rings is 2. The molecule has 4 nitrogen and oxygen atoms in total. The molecule has 1 aliphatic rings. The first-order valence-electron chi connectivity index (χ1n) is 8.65. The first-order chi connectivity index (χ1) is 12.6. The van der Waals surface area contributed by atoms with E-state index in [9.17, 15) is 4.79 Å². The van der Waals surface area contributed by atoms with E-state index in [-0.39, 0.29) is 11.9 Å². The Morgan fingerprint density at radius 3 is 2.85 bits per heavy atom. The van der Waals surface area contributed by atoms with Crippen molar-refractivity contribution < 1.29 is 4.79 Å². The van der Waals surface area contributed by atoms with Gasteiger partial charge in [0.25, 0.3) is 5.91 Å². The van der Waals surface area contributed by atoms with Crippen molar-refractivity contribution in [3.8, 4) is 0 Å². The van der Waals surface area contributed by atoms with Crippen LogP contribution in [0.1, 0.15) is 28.9 Å². The van der Waals surface area contributed by atoms with Gasteiger partial charge in [-0.15, -0.1) is 11.3 Å². The van der Waals surface area contributed by atoms with E-state index >= 15 is 0 Å². The first kappa shape index (κ1) is 17.3. The van der Waals surface area contributed by atoms with Crippen molar-refractivity contribution in [3.05, 3.63) is 64.0 Å². The minimum Gasteiger partial charge on any atom is -0.380 e. The third kappa shape index (κ3) is 3.43. The third-order valence-electron chi connectivity index (χ3n) is 4.69. The van der Waals surface area contributed by atoms with E-state index in [4.69, 9.17) is 11.6 Å². The smallest absolute Gasteiger partial charge is 0.253 e. The molecule has 0 saturated carbocycles. The molecule has 3 N–H and O–H groups in total. The number of halogens is 1. The molecule has 2 heterocycles. The molecule has 1 unspecified atom stereocenters. The maximum Gasteiger partial charge on any atom is 0.253 e.